The van der Waals surface area contributed by atoms with Gasteiger partial charge in [-0.15, -0.1) is 0 Å². The molecule has 0 aromatic heterocycles. The van der Waals surface area contributed by atoms with Crippen LogP contribution in [0.3, 0.4) is 0 Å². The summed E-state index contributed by atoms with van der Waals surface area (Å²) in [5.74, 6) is -3.21. The molecule has 0 saturated carbocycles. The second-order valence-corrected chi connectivity index (χ2v) is 8.87. The van der Waals surface area contributed by atoms with E-state index in [2.05, 4.69) is 5.32 Å². The highest BCUT2D eigenvalue weighted by Crippen LogP contribution is 2.31. The lowest BCUT2D eigenvalue weighted by molar-refractivity contribution is -0.282. The van der Waals surface area contributed by atoms with Crippen molar-refractivity contribution in [3.8, 4) is 5.75 Å². The minimum Gasteiger partial charge on any atom is -0.467 e. The van der Waals surface area contributed by atoms with Crippen molar-refractivity contribution in [1.29, 1.82) is 0 Å². The summed E-state index contributed by atoms with van der Waals surface area (Å²) in [7, 11) is 1.08. The Kier molecular flexibility index (Phi) is 11.0. The Labute approximate surface area is 240 Å². The standard InChI is InChI=1S/C28H29NO13/c1-15(31)38-22-23(39-16(2)32)25(40-17(3)33)27(42-24(22)26(34)36-4)41-21-11-7-19(8-12-21)14-37-28(35)29-20-9-5-18(13-30)6-10-20/h5-13,22-25,27H,14H2,1-4H3,(H,29,35)/t22-,23-,24-,25+,27+/m0/s1. The van der Waals surface area contributed by atoms with Gasteiger partial charge in [-0.05, 0) is 42.0 Å². The van der Waals surface area contributed by atoms with Gasteiger partial charge in [0.1, 0.15) is 18.6 Å². The Morgan fingerprint density at radius 2 is 1.38 bits per heavy atom. The van der Waals surface area contributed by atoms with Crippen LogP contribution in [0.15, 0.2) is 48.5 Å². The molecule has 42 heavy (non-hydrogen) atoms. The van der Waals surface area contributed by atoms with E-state index < -0.39 is 60.7 Å². The van der Waals surface area contributed by atoms with Gasteiger partial charge in [-0.2, -0.15) is 0 Å². The van der Waals surface area contributed by atoms with Crippen LogP contribution in [0.1, 0.15) is 36.7 Å². The fraction of sp³-hybridized carbons (Fsp3) is 0.357. The number of benzene rings is 2. The normalized spacial score (nSPS) is 21.2. The van der Waals surface area contributed by atoms with Crippen molar-refractivity contribution in [1.82, 2.24) is 0 Å². The number of carbonyl (C=O) groups is 6. The molecule has 1 heterocycles. The molecule has 1 saturated heterocycles. The van der Waals surface area contributed by atoms with E-state index in [0.717, 1.165) is 27.9 Å². The van der Waals surface area contributed by atoms with E-state index in [9.17, 15) is 28.8 Å². The molecule has 0 radical (unpaired) electrons. The lowest BCUT2D eigenvalue weighted by atomic mass is 9.97. The average Bonchev–Trinajstić information content (AvgIpc) is 2.94. The first-order chi connectivity index (χ1) is 20.0. The van der Waals surface area contributed by atoms with Gasteiger partial charge >= 0.3 is 30.0 Å². The second kappa shape index (κ2) is 14.6. The van der Waals surface area contributed by atoms with Gasteiger partial charge in [-0.1, -0.05) is 12.1 Å². The van der Waals surface area contributed by atoms with Crippen LogP contribution >= 0.6 is 0 Å². The first-order valence-electron chi connectivity index (χ1n) is 12.5. The van der Waals surface area contributed by atoms with E-state index in [1.165, 1.54) is 12.1 Å². The Hall–Kier alpha value is -4.98. The zero-order valence-corrected chi connectivity index (χ0v) is 23.1. The minimum atomic E-state index is -1.60. The van der Waals surface area contributed by atoms with E-state index in [-0.39, 0.29) is 12.4 Å². The summed E-state index contributed by atoms with van der Waals surface area (Å²) < 4.78 is 37.4. The van der Waals surface area contributed by atoms with Crippen LogP contribution < -0.4 is 10.1 Å². The fourth-order valence-corrected chi connectivity index (χ4v) is 3.92. The first kappa shape index (κ1) is 31.5. The molecule has 0 bridgehead atoms. The van der Waals surface area contributed by atoms with Crippen LogP contribution in [-0.4, -0.2) is 74.1 Å². The molecule has 0 unspecified atom stereocenters. The van der Waals surface area contributed by atoms with Crippen molar-refractivity contribution in [2.75, 3.05) is 12.4 Å². The third-order valence-corrected chi connectivity index (χ3v) is 5.67. The molecular formula is C28H29NO13. The van der Waals surface area contributed by atoms with Gasteiger partial charge in [0.05, 0.1) is 7.11 Å². The maximum atomic E-state index is 12.5. The maximum absolute atomic E-state index is 12.5. The van der Waals surface area contributed by atoms with Crippen molar-refractivity contribution in [2.24, 2.45) is 0 Å². The fourth-order valence-electron chi connectivity index (χ4n) is 3.92. The van der Waals surface area contributed by atoms with E-state index >= 15 is 0 Å². The SMILES string of the molecule is COC(=O)[C@H]1O[C@@H](Oc2ccc(COC(=O)Nc3ccc(C=O)cc3)cc2)[C@H](OC(C)=O)[C@@H](OC(C)=O)[C@@H]1OC(C)=O. The number of anilines is 1. The van der Waals surface area contributed by atoms with Crippen molar-refractivity contribution in [2.45, 2.75) is 58.1 Å². The Balaban J connectivity index is 1.74. The summed E-state index contributed by atoms with van der Waals surface area (Å²) in [6.07, 6.45) is -7.60. The smallest absolute Gasteiger partial charge is 0.411 e. The molecule has 224 valence electrons. The summed E-state index contributed by atoms with van der Waals surface area (Å²) in [6.45, 7) is 3.15. The van der Waals surface area contributed by atoms with Gasteiger partial charge in [0.25, 0.3) is 0 Å². The molecule has 0 aliphatic carbocycles. The van der Waals surface area contributed by atoms with E-state index in [1.54, 1.807) is 36.4 Å². The molecule has 1 N–H and O–H groups in total. The van der Waals surface area contributed by atoms with Crippen molar-refractivity contribution in [3.05, 3.63) is 59.7 Å². The Morgan fingerprint density at radius 1 is 0.810 bits per heavy atom. The lowest BCUT2D eigenvalue weighted by Crippen LogP contribution is -2.64. The minimum absolute atomic E-state index is 0.0997. The summed E-state index contributed by atoms with van der Waals surface area (Å²) in [6, 6.07) is 12.3. The number of amides is 1. The molecule has 1 aliphatic rings. The summed E-state index contributed by atoms with van der Waals surface area (Å²) in [5.41, 5.74) is 1.48. The quantitative estimate of drug-likeness (QED) is 0.243. The van der Waals surface area contributed by atoms with Crippen LogP contribution in [0.5, 0.6) is 5.75 Å². The van der Waals surface area contributed by atoms with Gasteiger partial charge in [-0.3, -0.25) is 24.5 Å². The number of esters is 4. The highest BCUT2D eigenvalue weighted by Gasteiger charge is 2.55. The van der Waals surface area contributed by atoms with Gasteiger partial charge in [0, 0.05) is 32.0 Å². The van der Waals surface area contributed by atoms with Gasteiger partial charge in [-0.25, -0.2) is 9.59 Å². The van der Waals surface area contributed by atoms with Crippen LogP contribution in [0.2, 0.25) is 0 Å². The zero-order chi connectivity index (χ0) is 30.8. The molecule has 0 spiro atoms. The van der Waals surface area contributed by atoms with Crippen LogP contribution in [0.4, 0.5) is 10.5 Å². The zero-order valence-electron chi connectivity index (χ0n) is 23.1. The molecule has 1 amide bonds. The number of carbonyl (C=O) groups excluding carboxylic acids is 6. The molecule has 14 nitrogen and oxygen atoms in total. The second-order valence-electron chi connectivity index (χ2n) is 8.87. The highest BCUT2D eigenvalue weighted by atomic mass is 16.7. The van der Waals surface area contributed by atoms with Crippen LogP contribution in [0, 0.1) is 0 Å². The molecule has 14 heteroatoms. The van der Waals surface area contributed by atoms with Crippen molar-refractivity contribution < 1.29 is 61.9 Å². The van der Waals surface area contributed by atoms with E-state index in [4.69, 9.17) is 33.2 Å². The number of methoxy groups -OCH3 is 1. The van der Waals surface area contributed by atoms with Crippen molar-refractivity contribution >= 4 is 41.9 Å². The molecule has 5 atom stereocenters. The first-order valence-corrected chi connectivity index (χ1v) is 12.5. The molecule has 1 aliphatic heterocycles. The molecule has 2 aromatic carbocycles. The number of hydrogen-bond donors (Lipinski definition) is 1. The Morgan fingerprint density at radius 3 is 1.93 bits per heavy atom. The average molecular weight is 588 g/mol. The number of hydrogen-bond acceptors (Lipinski definition) is 13. The summed E-state index contributed by atoms with van der Waals surface area (Å²) in [5, 5.41) is 2.54. The summed E-state index contributed by atoms with van der Waals surface area (Å²) in [4.78, 5) is 71.0. The van der Waals surface area contributed by atoms with E-state index in [1.807, 2.05) is 0 Å². The van der Waals surface area contributed by atoms with E-state index in [0.29, 0.717) is 23.1 Å². The maximum Gasteiger partial charge on any atom is 0.411 e. The summed E-state index contributed by atoms with van der Waals surface area (Å²) >= 11 is 0. The number of rotatable bonds is 10. The van der Waals surface area contributed by atoms with Crippen molar-refractivity contribution in [3.63, 3.8) is 0 Å². The molecule has 3 rings (SSSR count). The third kappa shape index (κ3) is 8.76. The number of aldehydes is 1. The predicted molar refractivity (Wildman–Crippen MR) is 140 cm³/mol. The lowest BCUT2D eigenvalue weighted by Gasteiger charge is -2.43. The van der Waals surface area contributed by atoms with Crippen LogP contribution in [0.25, 0.3) is 0 Å². The molecular weight excluding hydrogens is 558 g/mol. The van der Waals surface area contributed by atoms with Gasteiger partial charge in [0.2, 0.25) is 12.4 Å². The number of nitrogens with one attached hydrogen (secondary N) is 1. The number of ether oxygens (including phenoxy) is 7. The topological polar surface area (TPSA) is 179 Å². The predicted octanol–water partition coefficient (Wildman–Crippen LogP) is 2.32. The highest BCUT2D eigenvalue weighted by molar-refractivity contribution is 5.85. The van der Waals surface area contributed by atoms with Gasteiger partial charge in [0.15, 0.2) is 18.3 Å². The largest absolute Gasteiger partial charge is 0.467 e. The van der Waals surface area contributed by atoms with Crippen LogP contribution in [-0.2, 0) is 54.2 Å². The molecule has 2 aromatic rings. The monoisotopic (exact) mass is 587 g/mol. The third-order valence-electron chi connectivity index (χ3n) is 5.67. The molecule has 1 fully saturated rings. The Bertz CT molecular complexity index is 1290. The van der Waals surface area contributed by atoms with Gasteiger partial charge < -0.3 is 33.2 Å².